The Hall–Kier alpha value is -5.43. The first-order valence-corrected chi connectivity index (χ1v) is 16.0. The number of para-hydroxylation sites is 2. The highest BCUT2D eigenvalue weighted by Gasteiger charge is 2.51. The second kappa shape index (κ2) is 13.2. The minimum Gasteiger partial charge on any atom is -0.493 e. The Balaban J connectivity index is 1.34. The van der Waals surface area contributed by atoms with Crippen LogP contribution in [0.5, 0.6) is 11.5 Å². The fourth-order valence-corrected chi connectivity index (χ4v) is 6.88. The Bertz CT molecular complexity index is 2120. The van der Waals surface area contributed by atoms with Gasteiger partial charge in [0, 0.05) is 47.2 Å². The van der Waals surface area contributed by atoms with E-state index in [9.17, 15) is 29.7 Å². The Morgan fingerprint density at radius 1 is 1.02 bits per heavy atom. The van der Waals surface area contributed by atoms with Crippen molar-refractivity contribution in [2.75, 3.05) is 26.8 Å². The number of nitrogens with zero attached hydrogens (tertiary/aromatic N) is 1. The molecule has 3 aromatic carbocycles. The van der Waals surface area contributed by atoms with Crippen molar-refractivity contribution in [3.05, 3.63) is 117 Å². The molecule has 0 radical (unpaired) electrons. The highest BCUT2D eigenvalue weighted by atomic mass is 16.5. The van der Waals surface area contributed by atoms with Gasteiger partial charge in [0.05, 0.1) is 32.3 Å². The van der Waals surface area contributed by atoms with Crippen LogP contribution in [0.2, 0.25) is 0 Å². The van der Waals surface area contributed by atoms with Crippen molar-refractivity contribution in [1.82, 2.24) is 15.2 Å². The third-order valence-corrected chi connectivity index (χ3v) is 9.20. The van der Waals surface area contributed by atoms with E-state index < -0.39 is 41.6 Å². The zero-order valence-electron chi connectivity index (χ0n) is 26.6. The SMILES string of the molecule is COc1cc(CO)cc2c1OC1C2C(C(=O)NCCO)=CC(N(CCc2cc3ccccc3[nH]2)C(=O)c2cc3ccccc3oc2=O)C1O. The third-order valence-electron chi connectivity index (χ3n) is 9.20. The molecule has 12 nitrogen and oxygen atoms in total. The van der Waals surface area contributed by atoms with E-state index in [0.717, 1.165) is 16.6 Å². The summed E-state index contributed by atoms with van der Waals surface area (Å²) in [4.78, 5) is 46.2. The smallest absolute Gasteiger partial charge is 0.349 e. The topological polar surface area (TPSA) is 175 Å². The minimum absolute atomic E-state index is 0.0321. The average Bonchev–Trinajstić information content (AvgIpc) is 3.72. The molecule has 49 heavy (non-hydrogen) atoms. The lowest BCUT2D eigenvalue weighted by Crippen LogP contribution is -2.56. The first-order chi connectivity index (χ1) is 23.8. The molecular weight excluding hydrogens is 630 g/mol. The Morgan fingerprint density at radius 3 is 2.55 bits per heavy atom. The fraction of sp³-hybridized carbons (Fsp3) is 0.270. The molecule has 2 aliphatic rings. The molecule has 4 unspecified atom stereocenters. The molecule has 5 aromatic rings. The molecule has 0 saturated heterocycles. The van der Waals surface area contributed by atoms with Crippen molar-refractivity contribution < 1.29 is 38.8 Å². The van der Waals surface area contributed by atoms with E-state index in [1.165, 1.54) is 24.2 Å². The molecule has 0 spiro atoms. The quantitative estimate of drug-likeness (QED) is 0.141. The maximum Gasteiger partial charge on any atom is 0.349 e. The van der Waals surface area contributed by atoms with Crippen LogP contribution in [-0.4, -0.2) is 82.1 Å². The zero-order chi connectivity index (χ0) is 34.2. The number of rotatable bonds is 10. The normalized spacial score (nSPS) is 19.6. The van der Waals surface area contributed by atoms with Crippen molar-refractivity contribution >= 4 is 33.7 Å². The molecule has 3 heterocycles. The van der Waals surface area contributed by atoms with E-state index in [1.807, 2.05) is 30.3 Å². The molecule has 0 saturated carbocycles. The van der Waals surface area contributed by atoms with E-state index in [2.05, 4.69) is 10.3 Å². The molecule has 0 bridgehead atoms. The Kier molecular flexibility index (Phi) is 8.68. The van der Waals surface area contributed by atoms with E-state index in [4.69, 9.17) is 13.9 Å². The molecule has 4 atom stereocenters. The van der Waals surface area contributed by atoms with Crippen LogP contribution in [0, 0.1) is 0 Å². The summed E-state index contributed by atoms with van der Waals surface area (Å²) in [5.41, 5.74) is 2.24. The molecule has 7 rings (SSSR count). The standard InChI is InChI=1S/C37H35N3O9/c1-47-30-15-20(19-42)14-24-31-25(35(44)38-11-13-41)18-28(32(43)34(31)49-33(24)30)40(12-10-23-16-21-6-2-4-8-27(21)39-23)36(45)26-17-22-7-3-5-9-29(22)48-37(26)46/h2-9,14-18,28,31-32,34,39,41-43H,10-13,19H2,1H3,(H,38,44). The zero-order valence-corrected chi connectivity index (χ0v) is 26.6. The number of aliphatic hydroxyl groups excluding tert-OH is 3. The average molecular weight is 666 g/mol. The maximum absolute atomic E-state index is 14.5. The van der Waals surface area contributed by atoms with E-state index in [0.29, 0.717) is 40.0 Å². The molecule has 0 fully saturated rings. The number of carbonyl (C=O) groups excluding carboxylic acids is 2. The van der Waals surface area contributed by atoms with Gasteiger partial charge in [0.15, 0.2) is 11.5 Å². The van der Waals surface area contributed by atoms with Gasteiger partial charge < -0.3 is 44.4 Å². The lowest BCUT2D eigenvalue weighted by atomic mass is 9.77. The number of H-pyrrole nitrogens is 1. The number of aromatic amines is 1. The van der Waals surface area contributed by atoms with Gasteiger partial charge in [-0.25, -0.2) is 4.79 Å². The van der Waals surface area contributed by atoms with Crippen molar-refractivity contribution in [2.24, 2.45) is 0 Å². The summed E-state index contributed by atoms with van der Waals surface area (Å²) < 4.78 is 17.4. The highest BCUT2D eigenvalue weighted by molar-refractivity contribution is 5.98. The summed E-state index contributed by atoms with van der Waals surface area (Å²) in [6.07, 6.45) is -0.557. The monoisotopic (exact) mass is 665 g/mol. The van der Waals surface area contributed by atoms with Crippen LogP contribution in [0.1, 0.15) is 33.1 Å². The minimum atomic E-state index is -1.37. The van der Waals surface area contributed by atoms with Crippen molar-refractivity contribution in [2.45, 2.75) is 37.2 Å². The first kappa shape index (κ1) is 32.1. The van der Waals surface area contributed by atoms with Gasteiger partial charge in [-0.05, 0) is 53.4 Å². The Labute approximate surface area is 280 Å². The number of hydrogen-bond acceptors (Lipinski definition) is 9. The van der Waals surface area contributed by atoms with Gasteiger partial charge in [-0.2, -0.15) is 0 Å². The Morgan fingerprint density at radius 2 is 1.80 bits per heavy atom. The predicted molar refractivity (Wildman–Crippen MR) is 180 cm³/mol. The van der Waals surface area contributed by atoms with Crippen LogP contribution in [0.3, 0.4) is 0 Å². The molecule has 1 aliphatic carbocycles. The number of aromatic nitrogens is 1. The van der Waals surface area contributed by atoms with E-state index >= 15 is 0 Å². The van der Waals surface area contributed by atoms with Gasteiger partial charge >= 0.3 is 5.63 Å². The number of hydrogen-bond donors (Lipinski definition) is 5. The maximum atomic E-state index is 14.5. The lowest BCUT2D eigenvalue weighted by molar-refractivity contribution is -0.118. The van der Waals surface area contributed by atoms with Crippen molar-refractivity contribution in [1.29, 1.82) is 0 Å². The lowest BCUT2D eigenvalue weighted by Gasteiger charge is -2.40. The summed E-state index contributed by atoms with van der Waals surface area (Å²) in [5, 5.41) is 35.7. The number of fused-ring (bicyclic) bond motifs is 5. The number of nitrogens with one attached hydrogen (secondary N) is 2. The second-order valence-electron chi connectivity index (χ2n) is 12.1. The molecule has 12 heteroatoms. The molecule has 5 N–H and O–H groups in total. The molecule has 252 valence electrons. The molecule has 2 aromatic heterocycles. The second-order valence-corrected chi connectivity index (χ2v) is 12.1. The summed E-state index contributed by atoms with van der Waals surface area (Å²) in [7, 11) is 1.45. The number of methoxy groups -OCH3 is 1. The summed E-state index contributed by atoms with van der Waals surface area (Å²) in [5.74, 6) is -1.40. The van der Waals surface area contributed by atoms with Crippen LogP contribution in [-0.2, 0) is 17.8 Å². The van der Waals surface area contributed by atoms with Gasteiger partial charge in [0.1, 0.15) is 23.4 Å². The van der Waals surface area contributed by atoms with Gasteiger partial charge in [-0.1, -0.05) is 36.4 Å². The van der Waals surface area contributed by atoms with Crippen LogP contribution in [0.15, 0.2) is 93.7 Å². The first-order valence-electron chi connectivity index (χ1n) is 16.0. The number of carbonyl (C=O) groups is 2. The summed E-state index contributed by atoms with van der Waals surface area (Å²) in [6.45, 7) is -0.590. The van der Waals surface area contributed by atoms with Crippen LogP contribution in [0.25, 0.3) is 21.9 Å². The van der Waals surface area contributed by atoms with Gasteiger partial charge in [-0.15, -0.1) is 0 Å². The highest BCUT2D eigenvalue weighted by Crippen LogP contribution is 2.51. The van der Waals surface area contributed by atoms with Crippen molar-refractivity contribution in [3.63, 3.8) is 0 Å². The van der Waals surface area contributed by atoms with Crippen molar-refractivity contribution in [3.8, 4) is 11.5 Å². The number of ether oxygens (including phenoxy) is 2. The summed E-state index contributed by atoms with van der Waals surface area (Å²) >= 11 is 0. The van der Waals surface area contributed by atoms with Crippen LogP contribution >= 0.6 is 0 Å². The molecular formula is C37H35N3O9. The number of benzene rings is 3. The van der Waals surface area contributed by atoms with E-state index in [-0.39, 0.29) is 37.4 Å². The molecule has 1 aliphatic heterocycles. The van der Waals surface area contributed by atoms with Gasteiger partial charge in [0.2, 0.25) is 5.91 Å². The van der Waals surface area contributed by atoms with Crippen LogP contribution < -0.4 is 20.4 Å². The van der Waals surface area contributed by atoms with Crippen LogP contribution in [0.4, 0.5) is 0 Å². The number of amides is 2. The van der Waals surface area contributed by atoms with Gasteiger partial charge in [0.25, 0.3) is 5.91 Å². The fourth-order valence-electron chi connectivity index (χ4n) is 6.88. The number of aliphatic hydroxyl groups is 3. The predicted octanol–water partition coefficient (Wildman–Crippen LogP) is 2.78. The summed E-state index contributed by atoms with van der Waals surface area (Å²) in [6, 6.07) is 20.2. The largest absolute Gasteiger partial charge is 0.493 e. The third kappa shape index (κ3) is 5.84. The van der Waals surface area contributed by atoms with Gasteiger partial charge in [-0.3, -0.25) is 9.59 Å². The molecule has 2 amide bonds. The van der Waals surface area contributed by atoms with E-state index in [1.54, 1.807) is 36.4 Å².